The Bertz CT molecular complexity index is 875. The van der Waals surface area contributed by atoms with Gasteiger partial charge in [0.15, 0.2) is 0 Å². The van der Waals surface area contributed by atoms with E-state index >= 15 is 0 Å². The molecule has 0 saturated heterocycles. The minimum absolute atomic E-state index is 0.204. The van der Waals surface area contributed by atoms with Gasteiger partial charge in [-0.1, -0.05) is 18.2 Å². The molecule has 0 radical (unpaired) electrons. The Morgan fingerprint density at radius 1 is 0.957 bits per heavy atom. The Kier molecular flexibility index (Phi) is 3.43. The molecule has 0 saturated carbocycles. The Morgan fingerprint density at radius 3 is 2.61 bits per heavy atom. The van der Waals surface area contributed by atoms with Crippen molar-refractivity contribution in [1.29, 1.82) is 0 Å². The van der Waals surface area contributed by atoms with E-state index in [1.165, 1.54) is 36.0 Å². The molecule has 1 heterocycles. The first kappa shape index (κ1) is 14.7. The summed E-state index contributed by atoms with van der Waals surface area (Å²) in [5.74, 6) is 0. The van der Waals surface area contributed by atoms with Crippen molar-refractivity contribution in [1.82, 2.24) is 0 Å². The summed E-state index contributed by atoms with van der Waals surface area (Å²) >= 11 is 0. The number of anilines is 1. The zero-order valence-corrected chi connectivity index (χ0v) is 13.8. The molecule has 23 heavy (non-hydrogen) atoms. The van der Waals surface area contributed by atoms with Crippen LogP contribution in [0.1, 0.15) is 28.7 Å². The molecule has 2 aromatic rings. The van der Waals surface area contributed by atoms with Gasteiger partial charge < -0.3 is 4.90 Å². The first-order valence-corrected chi connectivity index (χ1v) is 9.57. The van der Waals surface area contributed by atoms with Gasteiger partial charge >= 0.3 is 0 Å². The first-order chi connectivity index (χ1) is 11.0. The molecule has 2 aromatic carbocycles. The lowest BCUT2D eigenvalue weighted by molar-refractivity contribution is 0.597. The van der Waals surface area contributed by atoms with Crippen molar-refractivity contribution in [2.45, 2.75) is 37.1 Å². The SMILES string of the molecule is NS(=O)(=O)c1ccc2c(c1)CCN2Cc1ccc2c(c1)CCC2. The summed E-state index contributed by atoms with van der Waals surface area (Å²) < 4.78 is 23.0. The summed E-state index contributed by atoms with van der Waals surface area (Å²) in [7, 11) is -3.63. The number of fused-ring (bicyclic) bond motifs is 2. The normalized spacial score (nSPS) is 16.5. The lowest BCUT2D eigenvalue weighted by atomic mass is 10.1. The average Bonchev–Trinajstić information content (AvgIpc) is 3.12. The number of primary sulfonamides is 1. The second-order valence-electron chi connectivity index (χ2n) is 6.46. The Hall–Kier alpha value is -1.85. The van der Waals surface area contributed by atoms with Gasteiger partial charge in [0.2, 0.25) is 10.0 Å². The van der Waals surface area contributed by atoms with Crippen LogP contribution in [0.25, 0.3) is 0 Å². The van der Waals surface area contributed by atoms with Gasteiger partial charge in [0.1, 0.15) is 0 Å². The molecule has 2 N–H and O–H groups in total. The topological polar surface area (TPSA) is 63.4 Å². The predicted molar refractivity (Wildman–Crippen MR) is 91.0 cm³/mol. The second kappa shape index (κ2) is 5.35. The first-order valence-electron chi connectivity index (χ1n) is 8.02. The average molecular weight is 328 g/mol. The maximum atomic E-state index is 11.5. The van der Waals surface area contributed by atoms with Crippen molar-refractivity contribution in [2.75, 3.05) is 11.4 Å². The number of hydrogen-bond acceptors (Lipinski definition) is 3. The van der Waals surface area contributed by atoms with Crippen LogP contribution in [0.2, 0.25) is 0 Å². The predicted octanol–water partition coefficient (Wildman–Crippen LogP) is 2.39. The highest BCUT2D eigenvalue weighted by molar-refractivity contribution is 7.89. The van der Waals surface area contributed by atoms with E-state index in [1.54, 1.807) is 12.1 Å². The lowest BCUT2D eigenvalue weighted by Gasteiger charge is -2.20. The maximum Gasteiger partial charge on any atom is 0.238 e. The monoisotopic (exact) mass is 328 g/mol. The van der Waals surface area contributed by atoms with Crippen molar-refractivity contribution in [2.24, 2.45) is 5.14 Å². The molecular weight excluding hydrogens is 308 g/mol. The second-order valence-corrected chi connectivity index (χ2v) is 8.03. The minimum Gasteiger partial charge on any atom is -0.367 e. The van der Waals surface area contributed by atoms with Gasteiger partial charge in [-0.15, -0.1) is 0 Å². The van der Waals surface area contributed by atoms with E-state index in [0.29, 0.717) is 0 Å². The summed E-state index contributed by atoms with van der Waals surface area (Å²) in [6, 6.07) is 12.0. The number of aryl methyl sites for hydroxylation is 2. The van der Waals surface area contributed by atoms with Gasteiger partial charge in [-0.2, -0.15) is 0 Å². The van der Waals surface area contributed by atoms with Crippen LogP contribution >= 0.6 is 0 Å². The molecule has 120 valence electrons. The third-order valence-electron chi connectivity index (χ3n) is 4.91. The molecular formula is C18H20N2O2S. The van der Waals surface area contributed by atoms with E-state index in [2.05, 4.69) is 23.1 Å². The van der Waals surface area contributed by atoms with Gasteiger partial charge in [-0.25, -0.2) is 13.6 Å². The van der Waals surface area contributed by atoms with Gasteiger partial charge in [-0.3, -0.25) is 0 Å². The highest BCUT2D eigenvalue weighted by Crippen LogP contribution is 2.32. The van der Waals surface area contributed by atoms with Crippen LogP contribution in [0.15, 0.2) is 41.3 Å². The molecule has 1 aliphatic heterocycles. The fourth-order valence-electron chi connectivity index (χ4n) is 3.73. The van der Waals surface area contributed by atoms with Crippen LogP contribution in [-0.4, -0.2) is 15.0 Å². The van der Waals surface area contributed by atoms with Gasteiger partial charge in [0.25, 0.3) is 0 Å². The lowest BCUT2D eigenvalue weighted by Crippen LogP contribution is -2.19. The van der Waals surface area contributed by atoms with E-state index in [4.69, 9.17) is 5.14 Å². The van der Waals surface area contributed by atoms with Crippen LogP contribution in [0.4, 0.5) is 5.69 Å². The summed E-state index contributed by atoms with van der Waals surface area (Å²) in [6.45, 7) is 1.79. The summed E-state index contributed by atoms with van der Waals surface area (Å²) in [4.78, 5) is 2.52. The number of sulfonamides is 1. The number of nitrogens with zero attached hydrogens (tertiary/aromatic N) is 1. The number of nitrogens with two attached hydrogens (primary N) is 1. The molecule has 4 nitrogen and oxygen atoms in total. The Morgan fingerprint density at radius 2 is 1.78 bits per heavy atom. The largest absolute Gasteiger partial charge is 0.367 e. The summed E-state index contributed by atoms with van der Waals surface area (Å²) in [5.41, 5.74) is 6.50. The molecule has 1 aliphatic carbocycles. The van der Waals surface area contributed by atoms with Crippen molar-refractivity contribution in [3.8, 4) is 0 Å². The minimum atomic E-state index is -3.63. The third-order valence-corrected chi connectivity index (χ3v) is 5.82. The van der Waals surface area contributed by atoms with Crippen LogP contribution < -0.4 is 10.0 Å². The van der Waals surface area contributed by atoms with Gasteiger partial charge in [-0.05, 0) is 66.1 Å². The van der Waals surface area contributed by atoms with Crippen molar-refractivity contribution >= 4 is 15.7 Å². The summed E-state index contributed by atoms with van der Waals surface area (Å²) in [5, 5.41) is 5.22. The molecule has 0 bridgehead atoms. The molecule has 0 fully saturated rings. The number of rotatable bonds is 3. The highest BCUT2D eigenvalue weighted by Gasteiger charge is 2.22. The van der Waals surface area contributed by atoms with E-state index in [9.17, 15) is 8.42 Å². The molecule has 0 amide bonds. The van der Waals surface area contributed by atoms with Crippen LogP contribution in [-0.2, 0) is 35.8 Å². The third kappa shape index (κ3) is 2.75. The molecule has 0 unspecified atom stereocenters. The zero-order chi connectivity index (χ0) is 16.0. The molecule has 2 aliphatic rings. The van der Waals surface area contributed by atoms with E-state index in [-0.39, 0.29) is 4.90 Å². The zero-order valence-electron chi connectivity index (χ0n) is 13.0. The van der Waals surface area contributed by atoms with Crippen molar-refractivity contribution < 1.29 is 8.42 Å². The van der Waals surface area contributed by atoms with Crippen molar-refractivity contribution in [3.05, 3.63) is 58.7 Å². The van der Waals surface area contributed by atoms with E-state index < -0.39 is 10.0 Å². The van der Waals surface area contributed by atoms with Crippen LogP contribution in [0, 0.1) is 0 Å². The fourth-order valence-corrected chi connectivity index (χ4v) is 4.30. The van der Waals surface area contributed by atoms with E-state index in [1.807, 2.05) is 6.07 Å². The molecule has 0 aromatic heterocycles. The van der Waals surface area contributed by atoms with Crippen LogP contribution in [0.3, 0.4) is 0 Å². The Balaban J connectivity index is 1.59. The van der Waals surface area contributed by atoms with E-state index in [0.717, 1.165) is 30.8 Å². The van der Waals surface area contributed by atoms with Crippen molar-refractivity contribution in [3.63, 3.8) is 0 Å². The smallest absolute Gasteiger partial charge is 0.238 e. The Labute approximate surface area is 137 Å². The molecule has 0 atom stereocenters. The number of benzene rings is 2. The highest BCUT2D eigenvalue weighted by atomic mass is 32.2. The number of hydrogen-bond donors (Lipinski definition) is 1. The molecule has 4 rings (SSSR count). The standard InChI is InChI=1S/C18H20N2O2S/c19-23(21,22)17-6-7-18-16(11-17)8-9-20(18)12-13-4-5-14-2-1-3-15(14)10-13/h4-7,10-11H,1-3,8-9,12H2,(H2,19,21,22). The maximum absolute atomic E-state index is 11.5. The molecule has 0 spiro atoms. The summed E-state index contributed by atoms with van der Waals surface area (Å²) in [6.07, 6.45) is 4.53. The van der Waals surface area contributed by atoms with Crippen LogP contribution in [0.5, 0.6) is 0 Å². The van der Waals surface area contributed by atoms with Gasteiger partial charge in [0, 0.05) is 18.8 Å². The van der Waals surface area contributed by atoms with Gasteiger partial charge in [0.05, 0.1) is 4.90 Å². The quantitative estimate of drug-likeness (QED) is 0.941. The molecule has 5 heteroatoms. The fraction of sp³-hybridized carbons (Fsp3) is 0.333.